The molecule has 1 rings (SSSR count). The average Bonchev–Trinajstić information content (AvgIpc) is 2.71. The van der Waals surface area contributed by atoms with E-state index in [9.17, 15) is 0 Å². The smallest absolute Gasteiger partial charge is 0.0468 e. The van der Waals surface area contributed by atoms with Crippen LogP contribution in [0.15, 0.2) is 0 Å². The van der Waals surface area contributed by atoms with Gasteiger partial charge in [-0.05, 0) is 18.8 Å². The molecule has 0 N–H and O–H groups in total. The van der Waals surface area contributed by atoms with Gasteiger partial charge in [-0.1, -0.05) is 26.2 Å². The van der Waals surface area contributed by atoms with Gasteiger partial charge in [-0.2, -0.15) is 0 Å². The highest BCUT2D eigenvalue weighted by molar-refractivity contribution is 4.72. The van der Waals surface area contributed by atoms with E-state index < -0.39 is 0 Å². The van der Waals surface area contributed by atoms with Crippen LogP contribution in [-0.4, -0.2) is 13.2 Å². The fourth-order valence-corrected chi connectivity index (χ4v) is 1.00. The first-order chi connectivity index (χ1) is 4.93. The van der Waals surface area contributed by atoms with E-state index in [-0.39, 0.29) is 0 Å². The molecule has 1 heteroatoms. The molecule has 60 valence electrons. The Kier molecular flexibility index (Phi) is 3.81. The van der Waals surface area contributed by atoms with Crippen LogP contribution in [0.25, 0.3) is 0 Å². The van der Waals surface area contributed by atoms with Crippen LogP contribution in [0.4, 0.5) is 0 Å². The molecule has 1 fully saturated rings. The number of unbranched alkanes of at least 4 members (excludes halogenated alkanes) is 1. The van der Waals surface area contributed by atoms with Crippen molar-refractivity contribution in [3.05, 3.63) is 0 Å². The Bertz CT molecular complexity index is 76.8. The van der Waals surface area contributed by atoms with E-state index in [1.807, 2.05) is 0 Å². The number of rotatable bonds is 6. The Balaban J connectivity index is 1.68. The molecule has 1 aliphatic carbocycles. The summed E-state index contributed by atoms with van der Waals surface area (Å²) in [5.41, 5.74) is 0. The highest BCUT2D eigenvalue weighted by atomic mass is 16.5. The van der Waals surface area contributed by atoms with E-state index in [0.29, 0.717) is 0 Å². The van der Waals surface area contributed by atoms with E-state index in [2.05, 4.69) is 6.92 Å². The molecule has 0 aromatic carbocycles. The van der Waals surface area contributed by atoms with E-state index in [0.717, 1.165) is 19.1 Å². The second-order valence-electron chi connectivity index (χ2n) is 3.20. The fraction of sp³-hybridized carbons (Fsp3) is 1.00. The molecule has 0 bridgehead atoms. The lowest BCUT2D eigenvalue weighted by Gasteiger charge is -2.00. The predicted octanol–water partition coefficient (Wildman–Crippen LogP) is 2.60. The van der Waals surface area contributed by atoms with Gasteiger partial charge in [-0.3, -0.25) is 0 Å². The van der Waals surface area contributed by atoms with Crippen molar-refractivity contribution in [3.63, 3.8) is 0 Å². The van der Waals surface area contributed by atoms with Gasteiger partial charge >= 0.3 is 0 Å². The lowest BCUT2D eigenvalue weighted by molar-refractivity contribution is 0.125. The van der Waals surface area contributed by atoms with Gasteiger partial charge in [0.15, 0.2) is 0 Å². The van der Waals surface area contributed by atoms with E-state index in [4.69, 9.17) is 4.74 Å². The molecule has 0 radical (unpaired) electrons. The first kappa shape index (κ1) is 8.06. The third-order valence-electron chi connectivity index (χ3n) is 2.01. The van der Waals surface area contributed by atoms with Gasteiger partial charge in [0.25, 0.3) is 0 Å². The van der Waals surface area contributed by atoms with Gasteiger partial charge in [-0.15, -0.1) is 0 Å². The van der Waals surface area contributed by atoms with Crippen molar-refractivity contribution in [1.82, 2.24) is 0 Å². The summed E-state index contributed by atoms with van der Waals surface area (Å²) in [7, 11) is 0. The molecule has 10 heavy (non-hydrogen) atoms. The van der Waals surface area contributed by atoms with Crippen molar-refractivity contribution >= 4 is 0 Å². The minimum atomic E-state index is 0.975. The van der Waals surface area contributed by atoms with Gasteiger partial charge in [0, 0.05) is 13.2 Å². The topological polar surface area (TPSA) is 9.23 Å². The highest BCUT2D eigenvalue weighted by Crippen LogP contribution is 2.31. The van der Waals surface area contributed by atoms with Crippen LogP contribution in [-0.2, 0) is 4.74 Å². The van der Waals surface area contributed by atoms with Gasteiger partial charge in [0.1, 0.15) is 0 Å². The maximum absolute atomic E-state index is 5.42. The number of ether oxygens (including phenoxy) is 1. The first-order valence-corrected chi connectivity index (χ1v) is 4.51. The summed E-state index contributed by atoms with van der Waals surface area (Å²) in [6, 6.07) is 0. The van der Waals surface area contributed by atoms with Crippen LogP contribution < -0.4 is 0 Å². The molecule has 0 aromatic rings. The maximum atomic E-state index is 5.42. The van der Waals surface area contributed by atoms with E-state index >= 15 is 0 Å². The third-order valence-corrected chi connectivity index (χ3v) is 2.01. The lowest BCUT2D eigenvalue weighted by atomic mass is 10.3. The van der Waals surface area contributed by atoms with Gasteiger partial charge in [0.05, 0.1) is 0 Å². The van der Waals surface area contributed by atoms with Gasteiger partial charge < -0.3 is 4.74 Å². The van der Waals surface area contributed by atoms with Crippen LogP contribution >= 0.6 is 0 Å². The third kappa shape index (κ3) is 3.89. The zero-order valence-corrected chi connectivity index (χ0v) is 6.94. The molecule has 0 aromatic heterocycles. The van der Waals surface area contributed by atoms with Gasteiger partial charge in [0.2, 0.25) is 0 Å². The minimum Gasteiger partial charge on any atom is -0.381 e. The van der Waals surface area contributed by atoms with Crippen LogP contribution in [0, 0.1) is 5.92 Å². The largest absolute Gasteiger partial charge is 0.381 e. The molecule has 0 amide bonds. The Morgan fingerprint density at radius 1 is 1.30 bits per heavy atom. The molecule has 0 heterocycles. The standard InChI is InChI=1S/C9H18O/c1-2-3-7-10-8-6-9-4-5-9/h9H,2-8H2,1H3. The van der Waals surface area contributed by atoms with Crippen molar-refractivity contribution in [2.45, 2.75) is 39.0 Å². The number of hydrogen-bond donors (Lipinski definition) is 0. The molecule has 0 saturated heterocycles. The molecule has 0 atom stereocenters. The Morgan fingerprint density at radius 3 is 2.70 bits per heavy atom. The summed E-state index contributed by atoms with van der Waals surface area (Å²) < 4.78 is 5.42. The van der Waals surface area contributed by atoms with Crippen molar-refractivity contribution in [3.8, 4) is 0 Å². The Labute approximate surface area is 63.8 Å². The fourth-order valence-electron chi connectivity index (χ4n) is 1.00. The first-order valence-electron chi connectivity index (χ1n) is 4.51. The lowest BCUT2D eigenvalue weighted by Crippen LogP contribution is -1.96. The summed E-state index contributed by atoms with van der Waals surface area (Å²) in [5, 5.41) is 0. The Hall–Kier alpha value is -0.0400. The minimum absolute atomic E-state index is 0.975. The summed E-state index contributed by atoms with van der Waals surface area (Å²) in [4.78, 5) is 0. The van der Waals surface area contributed by atoms with Crippen molar-refractivity contribution in [2.75, 3.05) is 13.2 Å². The molecule has 1 saturated carbocycles. The molecule has 1 nitrogen and oxygen atoms in total. The molecular weight excluding hydrogens is 124 g/mol. The van der Waals surface area contributed by atoms with E-state index in [1.165, 1.54) is 32.1 Å². The van der Waals surface area contributed by atoms with Crippen molar-refractivity contribution in [1.29, 1.82) is 0 Å². The van der Waals surface area contributed by atoms with E-state index in [1.54, 1.807) is 0 Å². The number of hydrogen-bond acceptors (Lipinski definition) is 1. The summed E-state index contributed by atoms with van der Waals surface area (Å²) >= 11 is 0. The summed E-state index contributed by atoms with van der Waals surface area (Å²) in [6.45, 7) is 4.18. The second kappa shape index (κ2) is 4.73. The molecular formula is C9H18O. The monoisotopic (exact) mass is 142 g/mol. The van der Waals surface area contributed by atoms with Crippen LogP contribution in [0.1, 0.15) is 39.0 Å². The maximum Gasteiger partial charge on any atom is 0.0468 e. The quantitative estimate of drug-likeness (QED) is 0.518. The summed E-state index contributed by atoms with van der Waals surface area (Å²) in [6.07, 6.45) is 6.70. The summed E-state index contributed by atoms with van der Waals surface area (Å²) in [5.74, 6) is 1.03. The highest BCUT2D eigenvalue weighted by Gasteiger charge is 2.20. The zero-order valence-electron chi connectivity index (χ0n) is 6.94. The second-order valence-corrected chi connectivity index (χ2v) is 3.20. The molecule has 1 aliphatic rings. The van der Waals surface area contributed by atoms with Crippen molar-refractivity contribution in [2.24, 2.45) is 5.92 Å². The van der Waals surface area contributed by atoms with Crippen LogP contribution in [0.3, 0.4) is 0 Å². The van der Waals surface area contributed by atoms with Crippen LogP contribution in [0.2, 0.25) is 0 Å². The predicted molar refractivity (Wildman–Crippen MR) is 43.1 cm³/mol. The van der Waals surface area contributed by atoms with Gasteiger partial charge in [-0.25, -0.2) is 0 Å². The molecule has 0 aliphatic heterocycles. The SMILES string of the molecule is CCCCOCCC1CC1. The Morgan fingerprint density at radius 2 is 2.10 bits per heavy atom. The molecule has 0 unspecified atom stereocenters. The molecule has 0 spiro atoms. The normalized spacial score (nSPS) is 17.7. The zero-order chi connectivity index (χ0) is 7.23. The van der Waals surface area contributed by atoms with Crippen LogP contribution in [0.5, 0.6) is 0 Å². The van der Waals surface area contributed by atoms with Crippen molar-refractivity contribution < 1.29 is 4.74 Å². The average molecular weight is 142 g/mol.